The second-order valence-corrected chi connectivity index (χ2v) is 7.73. The molecule has 0 atom stereocenters. The quantitative estimate of drug-likeness (QED) is 0.590. The van der Waals surface area contributed by atoms with Crippen LogP contribution in [-0.2, 0) is 14.6 Å². The maximum Gasteiger partial charge on any atom is 0.270 e. The van der Waals surface area contributed by atoms with Crippen LogP contribution in [0.15, 0.2) is 41.3 Å². The van der Waals surface area contributed by atoms with Gasteiger partial charge in [0, 0.05) is 37.2 Å². The van der Waals surface area contributed by atoms with Crippen LogP contribution in [0.2, 0.25) is 0 Å². The molecule has 2 aromatic carbocycles. The molecule has 0 radical (unpaired) electrons. The van der Waals surface area contributed by atoms with E-state index in [1.54, 1.807) is 0 Å². The lowest BCUT2D eigenvalue weighted by Gasteiger charge is -2.21. The minimum Gasteiger partial charge on any atom is -0.364 e. The number of carbonyl (C=O) groups excluding carboxylic acids is 1. The summed E-state index contributed by atoms with van der Waals surface area (Å²) in [7, 11) is -2.41. The number of nitro benzene ring substituents is 1. The number of anilines is 2. The molecule has 0 aliphatic heterocycles. The summed E-state index contributed by atoms with van der Waals surface area (Å²) in [4.78, 5) is 23.2. The minimum atomic E-state index is -3.82. The van der Waals surface area contributed by atoms with Gasteiger partial charge in [-0.2, -0.15) is 0 Å². The van der Waals surface area contributed by atoms with Crippen molar-refractivity contribution in [3.63, 3.8) is 0 Å². The van der Waals surface area contributed by atoms with Gasteiger partial charge >= 0.3 is 0 Å². The SMILES string of the molecule is CN(CC(=O)Nc1cc(F)cc(F)c1)c1ccc([N+](=O)[O-])cc1S(C)(=O)=O. The normalized spacial score (nSPS) is 11.1. The number of hydrogen-bond donors (Lipinski definition) is 1. The Labute approximate surface area is 153 Å². The number of sulfone groups is 1. The number of hydrogen-bond acceptors (Lipinski definition) is 6. The third-order valence-corrected chi connectivity index (χ3v) is 4.62. The third-order valence-electron chi connectivity index (χ3n) is 3.49. The monoisotopic (exact) mass is 399 g/mol. The Hall–Kier alpha value is -3.08. The number of amides is 1. The molecule has 0 aromatic heterocycles. The largest absolute Gasteiger partial charge is 0.364 e. The van der Waals surface area contributed by atoms with Gasteiger partial charge in [-0.1, -0.05) is 0 Å². The predicted molar refractivity (Wildman–Crippen MR) is 94.5 cm³/mol. The molecule has 0 heterocycles. The standard InChI is InChI=1S/C16H15F2N3O5S/c1-20(9-16(22)19-12-6-10(17)5-11(18)7-12)14-4-3-13(21(23)24)8-15(14)27(2,25)26/h3-8H,9H2,1-2H3,(H,19,22). The van der Waals surface area contributed by atoms with Gasteiger partial charge in [0.2, 0.25) is 5.91 Å². The zero-order valence-corrected chi connectivity index (χ0v) is 15.1. The second kappa shape index (κ2) is 7.66. The summed E-state index contributed by atoms with van der Waals surface area (Å²) in [5.41, 5.74) is -0.436. The lowest BCUT2D eigenvalue weighted by atomic mass is 10.2. The summed E-state index contributed by atoms with van der Waals surface area (Å²) in [6.45, 7) is -0.363. The fourth-order valence-electron chi connectivity index (χ4n) is 2.36. The van der Waals surface area contributed by atoms with Gasteiger partial charge in [-0.15, -0.1) is 0 Å². The highest BCUT2D eigenvalue weighted by Gasteiger charge is 2.21. The van der Waals surface area contributed by atoms with Crippen LogP contribution < -0.4 is 10.2 Å². The van der Waals surface area contributed by atoms with Crippen molar-refractivity contribution in [1.29, 1.82) is 0 Å². The van der Waals surface area contributed by atoms with Gasteiger partial charge in [-0.05, 0) is 18.2 Å². The van der Waals surface area contributed by atoms with Crippen molar-refractivity contribution in [3.8, 4) is 0 Å². The first kappa shape index (κ1) is 20.2. The van der Waals surface area contributed by atoms with Crippen LogP contribution >= 0.6 is 0 Å². The van der Waals surface area contributed by atoms with E-state index in [1.807, 2.05) is 0 Å². The lowest BCUT2D eigenvalue weighted by Crippen LogP contribution is -2.31. The van der Waals surface area contributed by atoms with Crippen LogP contribution in [0, 0.1) is 21.7 Å². The molecule has 1 N–H and O–H groups in total. The van der Waals surface area contributed by atoms with Crippen LogP contribution in [0.3, 0.4) is 0 Å². The molecular weight excluding hydrogens is 384 g/mol. The number of carbonyl (C=O) groups is 1. The molecule has 144 valence electrons. The molecule has 0 spiro atoms. The summed E-state index contributed by atoms with van der Waals surface area (Å²) in [5, 5.41) is 13.2. The number of nitro groups is 1. The Balaban J connectivity index is 2.25. The van der Waals surface area contributed by atoms with Crippen molar-refractivity contribution in [3.05, 3.63) is 58.1 Å². The van der Waals surface area contributed by atoms with Gasteiger partial charge in [0.05, 0.1) is 22.1 Å². The smallest absolute Gasteiger partial charge is 0.270 e. The zero-order chi connectivity index (χ0) is 20.4. The van der Waals surface area contributed by atoms with Crippen molar-refractivity contribution in [2.24, 2.45) is 0 Å². The molecule has 0 aliphatic carbocycles. The summed E-state index contributed by atoms with van der Waals surface area (Å²) >= 11 is 0. The number of non-ortho nitro benzene ring substituents is 1. The number of nitrogens with zero attached hydrogens (tertiary/aromatic N) is 2. The van der Waals surface area contributed by atoms with E-state index in [0.29, 0.717) is 6.07 Å². The zero-order valence-electron chi connectivity index (χ0n) is 14.3. The number of benzene rings is 2. The first-order valence-electron chi connectivity index (χ1n) is 7.43. The molecule has 8 nitrogen and oxygen atoms in total. The van der Waals surface area contributed by atoms with Gasteiger partial charge < -0.3 is 10.2 Å². The molecular formula is C16H15F2N3O5S. The fourth-order valence-corrected chi connectivity index (χ4v) is 3.29. The molecule has 0 saturated carbocycles. The van der Waals surface area contributed by atoms with E-state index in [0.717, 1.165) is 30.5 Å². The molecule has 2 rings (SSSR count). The highest BCUT2D eigenvalue weighted by molar-refractivity contribution is 7.90. The maximum absolute atomic E-state index is 13.2. The highest BCUT2D eigenvalue weighted by atomic mass is 32.2. The van der Waals surface area contributed by atoms with Gasteiger partial charge in [0.15, 0.2) is 9.84 Å². The van der Waals surface area contributed by atoms with Crippen molar-refractivity contribution in [2.45, 2.75) is 4.90 Å². The number of rotatable bonds is 6. The molecule has 0 fully saturated rings. The van der Waals surface area contributed by atoms with Crippen LogP contribution in [0.5, 0.6) is 0 Å². The van der Waals surface area contributed by atoms with Crippen molar-refractivity contribution in [2.75, 3.05) is 30.1 Å². The maximum atomic E-state index is 13.2. The number of nitrogens with one attached hydrogen (secondary N) is 1. The Morgan fingerprint density at radius 1 is 1.19 bits per heavy atom. The van der Waals surface area contributed by atoms with Gasteiger partial charge in [0.25, 0.3) is 5.69 Å². The predicted octanol–water partition coefficient (Wildman–Crippen LogP) is 2.35. The van der Waals surface area contributed by atoms with Gasteiger partial charge in [-0.25, -0.2) is 17.2 Å². The number of likely N-dealkylation sites (N-methyl/N-ethyl adjacent to an activating group) is 1. The first-order valence-corrected chi connectivity index (χ1v) is 9.32. The van der Waals surface area contributed by atoms with Crippen LogP contribution in [0.25, 0.3) is 0 Å². The van der Waals surface area contributed by atoms with E-state index in [-0.39, 0.29) is 22.8 Å². The molecule has 1 amide bonds. The van der Waals surface area contributed by atoms with Gasteiger partial charge in [0.1, 0.15) is 11.6 Å². The van der Waals surface area contributed by atoms with Crippen molar-refractivity contribution >= 4 is 32.8 Å². The minimum absolute atomic E-state index is 0.0728. The van der Waals surface area contributed by atoms with E-state index in [4.69, 9.17) is 0 Å². The summed E-state index contributed by atoms with van der Waals surface area (Å²) in [6.07, 6.45) is 0.888. The summed E-state index contributed by atoms with van der Waals surface area (Å²) in [6, 6.07) is 5.73. The average Bonchev–Trinajstić information content (AvgIpc) is 2.52. The van der Waals surface area contributed by atoms with E-state index >= 15 is 0 Å². The molecule has 2 aromatic rings. The lowest BCUT2D eigenvalue weighted by molar-refractivity contribution is -0.385. The van der Waals surface area contributed by atoms with Crippen LogP contribution in [-0.4, -0.2) is 39.1 Å². The molecule has 0 aliphatic rings. The average molecular weight is 399 g/mol. The molecule has 0 bridgehead atoms. The van der Waals surface area contributed by atoms with E-state index < -0.39 is 38.0 Å². The highest BCUT2D eigenvalue weighted by Crippen LogP contribution is 2.28. The molecule has 27 heavy (non-hydrogen) atoms. The first-order chi connectivity index (χ1) is 12.5. The third kappa shape index (κ3) is 5.20. The molecule has 0 saturated heterocycles. The van der Waals surface area contributed by atoms with E-state index in [2.05, 4.69) is 5.32 Å². The summed E-state index contributed by atoms with van der Waals surface area (Å²) < 4.78 is 50.2. The Morgan fingerprint density at radius 2 is 1.78 bits per heavy atom. The Bertz CT molecular complexity index is 991. The number of halogens is 2. The second-order valence-electron chi connectivity index (χ2n) is 5.74. The van der Waals surface area contributed by atoms with Crippen molar-refractivity contribution < 1.29 is 26.9 Å². The Kier molecular flexibility index (Phi) is 5.74. The van der Waals surface area contributed by atoms with Gasteiger partial charge in [-0.3, -0.25) is 14.9 Å². The molecule has 11 heteroatoms. The summed E-state index contributed by atoms with van der Waals surface area (Å²) in [5.74, 6) is -2.40. The topological polar surface area (TPSA) is 110 Å². The van der Waals surface area contributed by atoms with Crippen LogP contribution in [0.1, 0.15) is 0 Å². The Morgan fingerprint density at radius 3 is 2.30 bits per heavy atom. The van der Waals surface area contributed by atoms with E-state index in [9.17, 15) is 32.1 Å². The van der Waals surface area contributed by atoms with E-state index in [1.165, 1.54) is 18.0 Å². The van der Waals surface area contributed by atoms with Crippen molar-refractivity contribution in [1.82, 2.24) is 0 Å². The van der Waals surface area contributed by atoms with Crippen LogP contribution in [0.4, 0.5) is 25.8 Å². The fraction of sp³-hybridized carbons (Fsp3) is 0.188. The molecule has 0 unspecified atom stereocenters.